The second kappa shape index (κ2) is 8.30. The van der Waals surface area contributed by atoms with Crippen LogP contribution >= 0.6 is 0 Å². The summed E-state index contributed by atoms with van der Waals surface area (Å²) in [5.74, 6) is 0.641. The molecule has 1 atom stereocenters. The van der Waals surface area contributed by atoms with Crippen molar-refractivity contribution in [3.8, 4) is 5.75 Å². The number of allylic oxidation sites excluding steroid dienone is 4. The summed E-state index contributed by atoms with van der Waals surface area (Å²) >= 11 is 0. The summed E-state index contributed by atoms with van der Waals surface area (Å²) in [6.45, 7) is 0. The highest BCUT2D eigenvalue weighted by molar-refractivity contribution is 5.79. The molecule has 0 saturated heterocycles. The van der Waals surface area contributed by atoms with Crippen LogP contribution in [0.1, 0.15) is 47.6 Å². The molecule has 2 aromatic carbocycles. The molecule has 0 aliphatic heterocycles. The van der Waals surface area contributed by atoms with Gasteiger partial charge in [0.25, 0.3) is 0 Å². The zero-order chi connectivity index (χ0) is 19.3. The number of benzene rings is 2. The van der Waals surface area contributed by atoms with Gasteiger partial charge in [0, 0.05) is 12.0 Å². The average molecular weight is 372 g/mol. The Balaban J connectivity index is 1.47. The van der Waals surface area contributed by atoms with Crippen molar-refractivity contribution >= 4 is 17.6 Å². The summed E-state index contributed by atoms with van der Waals surface area (Å²) in [5, 5.41) is 0. The van der Waals surface area contributed by atoms with E-state index in [0.717, 1.165) is 24.2 Å². The first-order valence-electron chi connectivity index (χ1n) is 9.74. The number of aryl methyl sites for hydroxylation is 1. The Morgan fingerprint density at radius 1 is 1.14 bits per heavy atom. The quantitative estimate of drug-likeness (QED) is 0.613. The van der Waals surface area contributed by atoms with E-state index in [0.29, 0.717) is 12.8 Å². The molecule has 0 bridgehead atoms. The second-order valence-corrected chi connectivity index (χ2v) is 7.08. The Bertz CT molecular complexity index is 948. The number of carbonyl (C=O) groups is 1. The Labute approximate surface area is 166 Å². The maximum Gasteiger partial charge on any atom is 0.305 e. The van der Waals surface area contributed by atoms with Gasteiger partial charge < -0.3 is 9.47 Å². The number of rotatable bonds is 6. The van der Waals surface area contributed by atoms with Gasteiger partial charge in [0.2, 0.25) is 0 Å². The van der Waals surface area contributed by atoms with Crippen LogP contribution in [0.2, 0.25) is 0 Å². The van der Waals surface area contributed by atoms with Gasteiger partial charge in [-0.15, -0.1) is 0 Å². The first-order valence-corrected chi connectivity index (χ1v) is 9.74. The van der Waals surface area contributed by atoms with E-state index in [-0.39, 0.29) is 12.1 Å². The standard InChI is InChI=1S/C25H24O3/c1-27-25(26)17-12-18-10-13-20(14-11-18)28-24-16-15-22-21(8-5-9-23(22)24)19-6-3-2-4-7-19/h2-3,5-6,8-11,13-16,24H,4,7,12,17H2,1H3. The molecule has 0 radical (unpaired) electrons. The van der Waals surface area contributed by atoms with E-state index < -0.39 is 0 Å². The average Bonchev–Trinajstić information content (AvgIpc) is 3.16. The van der Waals surface area contributed by atoms with Crippen LogP contribution in [0.3, 0.4) is 0 Å². The molecule has 2 aliphatic rings. The van der Waals surface area contributed by atoms with Crippen LogP contribution < -0.4 is 4.74 Å². The Hall–Kier alpha value is -3.07. The molecule has 0 aromatic heterocycles. The van der Waals surface area contributed by atoms with Crippen LogP contribution in [0, 0.1) is 0 Å². The summed E-state index contributed by atoms with van der Waals surface area (Å²) < 4.78 is 10.9. The molecule has 0 amide bonds. The van der Waals surface area contributed by atoms with E-state index in [1.807, 2.05) is 24.3 Å². The predicted octanol–water partition coefficient (Wildman–Crippen LogP) is 5.67. The van der Waals surface area contributed by atoms with Gasteiger partial charge in [-0.25, -0.2) is 0 Å². The van der Waals surface area contributed by atoms with Crippen LogP contribution in [-0.4, -0.2) is 13.1 Å². The van der Waals surface area contributed by atoms with Gasteiger partial charge in [0.05, 0.1) is 7.11 Å². The van der Waals surface area contributed by atoms with Crippen LogP contribution in [0.5, 0.6) is 5.75 Å². The minimum absolute atomic E-state index is 0.0735. The maximum absolute atomic E-state index is 11.3. The Morgan fingerprint density at radius 2 is 2.00 bits per heavy atom. The lowest BCUT2D eigenvalue weighted by molar-refractivity contribution is -0.140. The minimum atomic E-state index is -0.188. The van der Waals surface area contributed by atoms with E-state index in [1.165, 1.54) is 29.4 Å². The normalized spacial score (nSPS) is 17.2. The molecule has 0 heterocycles. The molecular weight excluding hydrogens is 348 g/mol. The number of methoxy groups -OCH3 is 1. The molecule has 142 valence electrons. The van der Waals surface area contributed by atoms with Crippen molar-refractivity contribution in [2.45, 2.75) is 31.8 Å². The van der Waals surface area contributed by atoms with Crippen molar-refractivity contribution in [1.82, 2.24) is 0 Å². The number of fused-ring (bicyclic) bond motifs is 1. The third-order valence-corrected chi connectivity index (χ3v) is 5.28. The molecular formula is C25H24O3. The van der Waals surface area contributed by atoms with Crippen LogP contribution in [0.25, 0.3) is 11.6 Å². The van der Waals surface area contributed by atoms with Gasteiger partial charge in [-0.1, -0.05) is 54.6 Å². The predicted molar refractivity (Wildman–Crippen MR) is 112 cm³/mol. The Kier molecular flexibility index (Phi) is 5.43. The third-order valence-electron chi connectivity index (χ3n) is 5.28. The first-order chi connectivity index (χ1) is 13.7. The van der Waals surface area contributed by atoms with E-state index in [1.54, 1.807) is 0 Å². The van der Waals surface area contributed by atoms with Crippen molar-refractivity contribution in [2.24, 2.45) is 0 Å². The maximum atomic E-state index is 11.3. The smallest absolute Gasteiger partial charge is 0.305 e. The zero-order valence-corrected chi connectivity index (χ0v) is 16.1. The lowest BCUT2D eigenvalue weighted by Crippen LogP contribution is -2.04. The van der Waals surface area contributed by atoms with E-state index in [9.17, 15) is 4.79 Å². The monoisotopic (exact) mass is 372 g/mol. The molecule has 2 aliphatic carbocycles. The fourth-order valence-corrected chi connectivity index (χ4v) is 3.74. The molecule has 28 heavy (non-hydrogen) atoms. The molecule has 3 heteroatoms. The molecule has 0 spiro atoms. The minimum Gasteiger partial charge on any atom is -0.482 e. The molecule has 0 fully saturated rings. The highest BCUT2D eigenvalue weighted by atomic mass is 16.5. The molecule has 3 nitrogen and oxygen atoms in total. The number of carbonyl (C=O) groups excluding carboxylic acids is 1. The highest BCUT2D eigenvalue weighted by Crippen LogP contribution is 2.38. The summed E-state index contributed by atoms with van der Waals surface area (Å²) in [7, 11) is 1.42. The van der Waals surface area contributed by atoms with E-state index in [2.05, 4.69) is 48.6 Å². The van der Waals surface area contributed by atoms with Gasteiger partial charge in [-0.3, -0.25) is 4.79 Å². The van der Waals surface area contributed by atoms with E-state index >= 15 is 0 Å². The topological polar surface area (TPSA) is 35.5 Å². The molecule has 4 rings (SSSR count). The van der Waals surface area contributed by atoms with Gasteiger partial charge in [-0.05, 0) is 59.7 Å². The molecule has 2 aromatic rings. The van der Waals surface area contributed by atoms with Crippen LogP contribution in [0.4, 0.5) is 0 Å². The summed E-state index contributed by atoms with van der Waals surface area (Å²) in [6.07, 6.45) is 14.0. The van der Waals surface area contributed by atoms with Crippen LogP contribution in [0.15, 0.2) is 66.8 Å². The summed E-state index contributed by atoms with van der Waals surface area (Å²) in [6, 6.07) is 14.4. The van der Waals surface area contributed by atoms with Gasteiger partial charge in [-0.2, -0.15) is 0 Å². The lowest BCUT2D eigenvalue weighted by atomic mass is 9.92. The SMILES string of the molecule is COC(=O)CCc1ccc(OC2C=Cc3c(C4=CC=CCC4)cccc32)cc1. The number of hydrogen-bond donors (Lipinski definition) is 0. The van der Waals surface area contributed by atoms with Crippen LogP contribution in [-0.2, 0) is 16.0 Å². The van der Waals surface area contributed by atoms with Crippen molar-refractivity contribution in [3.63, 3.8) is 0 Å². The van der Waals surface area contributed by atoms with Crippen molar-refractivity contribution in [1.29, 1.82) is 0 Å². The summed E-state index contributed by atoms with van der Waals surface area (Å²) in [5.41, 5.74) is 6.27. The first kappa shape index (κ1) is 18.3. The largest absolute Gasteiger partial charge is 0.482 e. The van der Waals surface area contributed by atoms with Crippen molar-refractivity contribution in [3.05, 3.63) is 89.0 Å². The third kappa shape index (κ3) is 3.94. The number of esters is 1. The van der Waals surface area contributed by atoms with E-state index in [4.69, 9.17) is 9.47 Å². The zero-order valence-electron chi connectivity index (χ0n) is 16.1. The molecule has 1 unspecified atom stereocenters. The highest BCUT2D eigenvalue weighted by Gasteiger charge is 2.22. The van der Waals surface area contributed by atoms with Crippen molar-refractivity contribution in [2.75, 3.05) is 7.11 Å². The number of hydrogen-bond acceptors (Lipinski definition) is 3. The lowest BCUT2D eigenvalue weighted by Gasteiger charge is -2.17. The molecule has 0 saturated carbocycles. The fraction of sp³-hybridized carbons (Fsp3) is 0.240. The van der Waals surface area contributed by atoms with Gasteiger partial charge in [0.1, 0.15) is 11.9 Å². The Morgan fingerprint density at radius 3 is 2.75 bits per heavy atom. The summed E-state index contributed by atoms with van der Waals surface area (Å²) in [4.78, 5) is 11.3. The fourth-order valence-electron chi connectivity index (χ4n) is 3.74. The van der Waals surface area contributed by atoms with Crippen molar-refractivity contribution < 1.29 is 14.3 Å². The van der Waals surface area contributed by atoms with Gasteiger partial charge in [0.15, 0.2) is 0 Å². The number of ether oxygens (including phenoxy) is 2. The van der Waals surface area contributed by atoms with Gasteiger partial charge >= 0.3 is 5.97 Å². The second-order valence-electron chi connectivity index (χ2n) is 7.08. The molecule has 0 N–H and O–H groups in total.